The molecule has 2 rings (SSSR count). The standard InChI is InChI=1S/C15H15BrN2OS/c1-19-12-4-2-3-10(7-12)9-18-11-5-6-13(15(17)20)14(16)8-11/h2-8,18H,9H2,1H3,(H2,17,20). The zero-order chi connectivity index (χ0) is 14.5. The summed E-state index contributed by atoms with van der Waals surface area (Å²) in [4.78, 5) is 0.385. The highest BCUT2D eigenvalue weighted by Crippen LogP contribution is 2.22. The summed E-state index contributed by atoms with van der Waals surface area (Å²) < 4.78 is 6.09. The summed E-state index contributed by atoms with van der Waals surface area (Å²) in [6.45, 7) is 0.718. The number of thiocarbonyl (C=S) groups is 1. The number of methoxy groups -OCH3 is 1. The number of rotatable bonds is 5. The molecule has 0 bridgehead atoms. The molecular formula is C15H15BrN2OS. The molecule has 3 nitrogen and oxygen atoms in total. The monoisotopic (exact) mass is 350 g/mol. The number of hydrogen-bond acceptors (Lipinski definition) is 3. The topological polar surface area (TPSA) is 47.3 Å². The first kappa shape index (κ1) is 14.8. The summed E-state index contributed by atoms with van der Waals surface area (Å²) in [5.41, 5.74) is 8.62. The lowest BCUT2D eigenvalue weighted by Crippen LogP contribution is -2.10. The van der Waals surface area contributed by atoms with Gasteiger partial charge in [0.1, 0.15) is 10.7 Å². The highest BCUT2D eigenvalue weighted by Gasteiger charge is 2.04. The van der Waals surface area contributed by atoms with E-state index in [9.17, 15) is 0 Å². The normalized spacial score (nSPS) is 10.1. The quantitative estimate of drug-likeness (QED) is 0.807. The molecule has 5 heteroatoms. The third-order valence-electron chi connectivity index (χ3n) is 2.87. The van der Waals surface area contributed by atoms with Crippen molar-refractivity contribution in [2.24, 2.45) is 5.73 Å². The second-order valence-corrected chi connectivity index (χ2v) is 5.56. The maximum absolute atomic E-state index is 5.63. The summed E-state index contributed by atoms with van der Waals surface area (Å²) in [6.07, 6.45) is 0. The van der Waals surface area contributed by atoms with Crippen LogP contribution in [0.2, 0.25) is 0 Å². The Morgan fingerprint density at radius 2 is 2.10 bits per heavy atom. The molecule has 0 radical (unpaired) electrons. The average Bonchev–Trinajstić information content (AvgIpc) is 2.45. The Morgan fingerprint density at radius 3 is 2.75 bits per heavy atom. The van der Waals surface area contributed by atoms with Gasteiger partial charge in [0.25, 0.3) is 0 Å². The van der Waals surface area contributed by atoms with Gasteiger partial charge in [0.15, 0.2) is 0 Å². The Labute approximate surface area is 132 Å². The minimum Gasteiger partial charge on any atom is -0.497 e. The Balaban J connectivity index is 2.07. The number of halogens is 1. The van der Waals surface area contributed by atoms with Crippen molar-refractivity contribution in [1.82, 2.24) is 0 Å². The van der Waals surface area contributed by atoms with Gasteiger partial charge in [-0.1, -0.05) is 24.4 Å². The molecule has 0 fully saturated rings. The lowest BCUT2D eigenvalue weighted by atomic mass is 10.2. The van der Waals surface area contributed by atoms with Gasteiger partial charge in [0.05, 0.1) is 7.11 Å². The fourth-order valence-electron chi connectivity index (χ4n) is 1.81. The zero-order valence-electron chi connectivity index (χ0n) is 11.0. The molecule has 0 saturated heterocycles. The van der Waals surface area contributed by atoms with Gasteiger partial charge >= 0.3 is 0 Å². The molecule has 0 heterocycles. The molecular weight excluding hydrogens is 336 g/mol. The second kappa shape index (κ2) is 6.72. The Kier molecular flexibility index (Phi) is 4.98. The van der Waals surface area contributed by atoms with Crippen LogP contribution in [0.3, 0.4) is 0 Å². The molecule has 20 heavy (non-hydrogen) atoms. The van der Waals surface area contributed by atoms with Crippen molar-refractivity contribution in [1.29, 1.82) is 0 Å². The minimum absolute atomic E-state index is 0.385. The molecule has 2 aromatic rings. The van der Waals surface area contributed by atoms with Crippen molar-refractivity contribution in [3.8, 4) is 5.75 Å². The fraction of sp³-hybridized carbons (Fsp3) is 0.133. The Bertz CT molecular complexity index is 631. The van der Waals surface area contributed by atoms with Crippen LogP contribution in [-0.2, 0) is 6.54 Å². The van der Waals surface area contributed by atoms with E-state index in [4.69, 9.17) is 22.7 Å². The van der Waals surface area contributed by atoms with Crippen molar-refractivity contribution < 1.29 is 4.74 Å². The van der Waals surface area contributed by atoms with Gasteiger partial charge in [-0.05, 0) is 51.8 Å². The number of hydrogen-bond donors (Lipinski definition) is 2. The highest BCUT2D eigenvalue weighted by atomic mass is 79.9. The number of benzene rings is 2. The highest BCUT2D eigenvalue weighted by molar-refractivity contribution is 9.10. The van der Waals surface area contributed by atoms with E-state index in [1.807, 2.05) is 42.5 Å². The smallest absolute Gasteiger partial charge is 0.119 e. The summed E-state index contributed by atoms with van der Waals surface area (Å²) >= 11 is 8.44. The molecule has 0 aromatic heterocycles. The minimum atomic E-state index is 0.385. The summed E-state index contributed by atoms with van der Waals surface area (Å²) in [5.74, 6) is 0.856. The number of nitrogens with two attached hydrogens (primary N) is 1. The molecule has 0 aliphatic rings. The van der Waals surface area contributed by atoms with Crippen LogP contribution in [0.4, 0.5) is 5.69 Å². The summed E-state index contributed by atoms with van der Waals surface area (Å²) in [5, 5.41) is 3.35. The van der Waals surface area contributed by atoms with Gasteiger partial charge in [-0.15, -0.1) is 0 Å². The van der Waals surface area contributed by atoms with E-state index in [1.165, 1.54) is 0 Å². The van der Waals surface area contributed by atoms with E-state index in [0.29, 0.717) is 4.99 Å². The molecule has 0 atom stereocenters. The largest absolute Gasteiger partial charge is 0.497 e. The fourth-order valence-corrected chi connectivity index (χ4v) is 2.71. The third-order valence-corrected chi connectivity index (χ3v) is 3.74. The number of anilines is 1. The predicted octanol–water partition coefficient (Wildman–Crippen LogP) is 3.70. The molecule has 104 valence electrons. The van der Waals surface area contributed by atoms with Crippen LogP contribution in [0.15, 0.2) is 46.9 Å². The van der Waals surface area contributed by atoms with Gasteiger partial charge in [0, 0.05) is 22.3 Å². The maximum atomic E-state index is 5.63. The number of ether oxygens (including phenoxy) is 1. The van der Waals surface area contributed by atoms with E-state index < -0.39 is 0 Å². The van der Waals surface area contributed by atoms with Crippen molar-refractivity contribution >= 4 is 38.8 Å². The van der Waals surface area contributed by atoms with Crippen molar-refractivity contribution in [2.45, 2.75) is 6.54 Å². The van der Waals surface area contributed by atoms with E-state index in [2.05, 4.69) is 21.2 Å². The summed E-state index contributed by atoms with van der Waals surface area (Å²) in [6, 6.07) is 13.8. The Hall–Kier alpha value is -1.59. The van der Waals surface area contributed by atoms with Crippen LogP contribution in [0.1, 0.15) is 11.1 Å². The van der Waals surface area contributed by atoms with Crippen molar-refractivity contribution in [3.63, 3.8) is 0 Å². The van der Waals surface area contributed by atoms with Gasteiger partial charge in [-0.25, -0.2) is 0 Å². The van der Waals surface area contributed by atoms with E-state index in [0.717, 1.165) is 33.6 Å². The molecule has 0 saturated carbocycles. The SMILES string of the molecule is COc1cccc(CNc2ccc(C(N)=S)c(Br)c2)c1. The first-order valence-electron chi connectivity index (χ1n) is 6.06. The zero-order valence-corrected chi connectivity index (χ0v) is 13.4. The molecule has 0 aliphatic carbocycles. The first-order valence-corrected chi connectivity index (χ1v) is 7.26. The molecule has 0 unspecified atom stereocenters. The van der Waals surface area contributed by atoms with Gasteiger partial charge in [-0.3, -0.25) is 0 Å². The maximum Gasteiger partial charge on any atom is 0.119 e. The van der Waals surface area contributed by atoms with Crippen LogP contribution in [0, 0.1) is 0 Å². The number of nitrogens with one attached hydrogen (secondary N) is 1. The lowest BCUT2D eigenvalue weighted by Gasteiger charge is -2.10. The van der Waals surface area contributed by atoms with E-state index in [-0.39, 0.29) is 0 Å². The van der Waals surface area contributed by atoms with Crippen molar-refractivity contribution in [2.75, 3.05) is 12.4 Å². The second-order valence-electron chi connectivity index (χ2n) is 4.26. The van der Waals surface area contributed by atoms with E-state index >= 15 is 0 Å². The molecule has 0 amide bonds. The predicted molar refractivity (Wildman–Crippen MR) is 90.4 cm³/mol. The van der Waals surface area contributed by atoms with Crippen LogP contribution in [0.25, 0.3) is 0 Å². The van der Waals surface area contributed by atoms with Crippen LogP contribution >= 0.6 is 28.1 Å². The van der Waals surface area contributed by atoms with Crippen LogP contribution < -0.4 is 15.8 Å². The Morgan fingerprint density at radius 1 is 1.30 bits per heavy atom. The van der Waals surface area contributed by atoms with E-state index in [1.54, 1.807) is 7.11 Å². The molecule has 3 N–H and O–H groups in total. The van der Waals surface area contributed by atoms with Crippen LogP contribution in [-0.4, -0.2) is 12.1 Å². The lowest BCUT2D eigenvalue weighted by molar-refractivity contribution is 0.414. The average molecular weight is 351 g/mol. The van der Waals surface area contributed by atoms with Gasteiger partial charge in [-0.2, -0.15) is 0 Å². The van der Waals surface area contributed by atoms with Crippen LogP contribution in [0.5, 0.6) is 5.75 Å². The van der Waals surface area contributed by atoms with Gasteiger partial charge < -0.3 is 15.8 Å². The molecule has 0 aliphatic heterocycles. The first-order chi connectivity index (χ1) is 9.60. The molecule has 0 spiro atoms. The summed E-state index contributed by atoms with van der Waals surface area (Å²) in [7, 11) is 1.66. The van der Waals surface area contributed by atoms with Crippen molar-refractivity contribution in [3.05, 3.63) is 58.1 Å². The van der Waals surface area contributed by atoms with Gasteiger partial charge in [0.2, 0.25) is 0 Å². The third kappa shape index (κ3) is 3.71. The molecule has 2 aromatic carbocycles.